The van der Waals surface area contributed by atoms with E-state index in [1.54, 1.807) is 6.20 Å². The first-order valence-corrected chi connectivity index (χ1v) is 7.85. The van der Waals surface area contributed by atoms with Crippen LogP contribution in [0.2, 0.25) is 5.02 Å². The zero-order valence-electron chi connectivity index (χ0n) is 11.6. The number of H-pyrrole nitrogens is 1. The number of aromatic nitrogens is 3. The van der Waals surface area contributed by atoms with Gasteiger partial charge in [-0.1, -0.05) is 11.6 Å². The molecule has 0 spiro atoms. The number of aryl methyl sites for hydroxylation is 1. The molecule has 20 heavy (non-hydrogen) atoms. The average molecular weight is 311 g/mol. The minimum Gasteiger partial charge on any atom is -0.329 e. The molecule has 0 radical (unpaired) electrons. The number of fused-ring (bicyclic) bond motifs is 1. The zero-order chi connectivity index (χ0) is 14.1. The number of imidazole rings is 1. The fraction of sp³-hybridized carbons (Fsp3) is 0.571. The SMILES string of the molecule is CN1CCC(CCn2c(=S)[nH]c3cc(Cl)cnc32)CC1. The molecule has 2 aromatic heterocycles. The molecule has 0 aliphatic carbocycles. The number of piperidine rings is 1. The van der Waals surface area contributed by atoms with Crippen molar-refractivity contribution >= 4 is 35.0 Å². The van der Waals surface area contributed by atoms with Crippen molar-refractivity contribution in [3.8, 4) is 0 Å². The van der Waals surface area contributed by atoms with E-state index in [-0.39, 0.29) is 0 Å². The number of pyridine rings is 1. The van der Waals surface area contributed by atoms with Crippen LogP contribution in [0.1, 0.15) is 19.3 Å². The Morgan fingerprint density at radius 2 is 2.20 bits per heavy atom. The number of nitrogens with zero attached hydrogens (tertiary/aromatic N) is 3. The summed E-state index contributed by atoms with van der Waals surface area (Å²) in [6.07, 6.45) is 5.41. The van der Waals surface area contributed by atoms with Gasteiger partial charge in [-0.15, -0.1) is 0 Å². The van der Waals surface area contributed by atoms with Crippen molar-refractivity contribution in [3.63, 3.8) is 0 Å². The summed E-state index contributed by atoms with van der Waals surface area (Å²) in [7, 11) is 2.19. The molecule has 1 N–H and O–H groups in total. The molecule has 3 heterocycles. The Morgan fingerprint density at radius 3 is 2.95 bits per heavy atom. The first kappa shape index (κ1) is 14.0. The summed E-state index contributed by atoms with van der Waals surface area (Å²) in [5.74, 6) is 0.797. The van der Waals surface area contributed by atoms with Crippen LogP contribution in [0.4, 0.5) is 0 Å². The number of rotatable bonds is 3. The molecule has 0 saturated carbocycles. The Labute approximate surface area is 128 Å². The van der Waals surface area contributed by atoms with Gasteiger partial charge in [0.05, 0.1) is 10.5 Å². The topological polar surface area (TPSA) is 36.9 Å². The maximum atomic E-state index is 5.96. The lowest BCUT2D eigenvalue weighted by Crippen LogP contribution is -2.30. The largest absolute Gasteiger partial charge is 0.329 e. The van der Waals surface area contributed by atoms with Gasteiger partial charge in [-0.2, -0.15) is 0 Å². The lowest BCUT2D eigenvalue weighted by molar-refractivity contribution is 0.208. The van der Waals surface area contributed by atoms with E-state index < -0.39 is 0 Å². The van der Waals surface area contributed by atoms with Crippen LogP contribution in [0, 0.1) is 10.7 Å². The number of nitrogens with one attached hydrogen (secondary N) is 1. The number of halogens is 1. The zero-order valence-corrected chi connectivity index (χ0v) is 13.2. The average Bonchev–Trinajstić information content (AvgIpc) is 2.73. The summed E-state index contributed by atoms with van der Waals surface area (Å²) in [5, 5.41) is 0.635. The second kappa shape index (κ2) is 5.84. The predicted octanol–water partition coefficient (Wildman–Crippen LogP) is 3.48. The van der Waals surface area contributed by atoms with Crippen LogP contribution in [-0.2, 0) is 6.54 Å². The highest BCUT2D eigenvalue weighted by molar-refractivity contribution is 7.71. The van der Waals surface area contributed by atoms with Crippen molar-refractivity contribution in [1.29, 1.82) is 0 Å². The summed E-state index contributed by atoms with van der Waals surface area (Å²) in [5.41, 5.74) is 1.83. The van der Waals surface area contributed by atoms with E-state index in [1.165, 1.54) is 32.4 Å². The normalized spacial score (nSPS) is 17.9. The summed E-state index contributed by atoms with van der Waals surface area (Å²) in [6, 6.07) is 1.88. The van der Waals surface area contributed by atoms with Gasteiger partial charge in [-0.05, 0) is 63.6 Å². The second-order valence-corrected chi connectivity index (χ2v) is 6.46. The predicted molar refractivity (Wildman–Crippen MR) is 84.8 cm³/mol. The van der Waals surface area contributed by atoms with Crippen LogP contribution in [0.15, 0.2) is 12.3 Å². The third kappa shape index (κ3) is 2.90. The van der Waals surface area contributed by atoms with Crippen LogP contribution in [0.25, 0.3) is 11.2 Å². The Morgan fingerprint density at radius 1 is 1.45 bits per heavy atom. The molecule has 0 bridgehead atoms. The Balaban J connectivity index is 1.74. The highest BCUT2D eigenvalue weighted by Crippen LogP contribution is 2.22. The second-order valence-electron chi connectivity index (χ2n) is 5.64. The van der Waals surface area contributed by atoms with Crippen molar-refractivity contribution in [2.75, 3.05) is 20.1 Å². The van der Waals surface area contributed by atoms with Crippen molar-refractivity contribution in [1.82, 2.24) is 19.4 Å². The molecule has 0 atom stereocenters. The number of aromatic amines is 1. The quantitative estimate of drug-likeness (QED) is 0.882. The maximum Gasteiger partial charge on any atom is 0.179 e. The van der Waals surface area contributed by atoms with E-state index in [9.17, 15) is 0 Å². The molecule has 2 aromatic rings. The highest BCUT2D eigenvalue weighted by atomic mass is 35.5. The molecular weight excluding hydrogens is 292 g/mol. The summed E-state index contributed by atoms with van der Waals surface area (Å²) in [4.78, 5) is 9.99. The fourth-order valence-corrected chi connectivity index (χ4v) is 3.33. The van der Waals surface area contributed by atoms with Gasteiger partial charge in [-0.25, -0.2) is 4.98 Å². The van der Waals surface area contributed by atoms with Gasteiger partial charge in [-0.3, -0.25) is 0 Å². The van der Waals surface area contributed by atoms with Crippen LogP contribution >= 0.6 is 23.8 Å². The maximum absolute atomic E-state index is 5.96. The van der Waals surface area contributed by atoms with E-state index >= 15 is 0 Å². The number of likely N-dealkylation sites (tertiary alicyclic amines) is 1. The van der Waals surface area contributed by atoms with Crippen molar-refractivity contribution in [2.24, 2.45) is 5.92 Å². The van der Waals surface area contributed by atoms with Crippen LogP contribution < -0.4 is 0 Å². The summed E-state index contributed by atoms with van der Waals surface area (Å²) >= 11 is 11.4. The van der Waals surface area contributed by atoms with Crippen molar-refractivity contribution in [3.05, 3.63) is 22.1 Å². The molecule has 1 aliphatic heterocycles. The minimum atomic E-state index is 0.635. The van der Waals surface area contributed by atoms with E-state index in [2.05, 4.69) is 26.5 Å². The summed E-state index contributed by atoms with van der Waals surface area (Å²) < 4.78 is 2.84. The molecule has 0 unspecified atom stereocenters. The van der Waals surface area contributed by atoms with Gasteiger partial charge in [0, 0.05) is 12.7 Å². The molecule has 3 rings (SSSR count). The standard InChI is InChI=1S/C14H19ClN4S/c1-18-5-2-10(3-6-18)4-7-19-13-12(17-14(19)20)8-11(15)9-16-13/h8-10H,2-7H2,1H3,(H,17,20). The van der Waals surface area contributed by atoms with Crippen LogP contribution in [0.5, 0.6) is 0 Å². The first-order valence-electron chi connectivity index (χ1n) is 7.06. The fourth-order valence-electron chi connectivity index (χ4n) is 2.89. The lowest BCUT2D eigenvalue weighted by atomic mass is 9.94. The van der Waals surface area contributed by atoms with E-state index in [0.717, 1.165) is 28.4 Å². The van der Waals surface area contributed by atoms with Gasteiger partial charge in [0.25, 0.3) is 0 Å². The van der Waals surface area contributed by atoms with Gasteiger partial charge in [0.2, 0.25) is 0 Å². The molecule has 4 nitrogen and oxygen atoms in total. The highest BCUT2D eigenvalue weighted by Gasteiger charge is 2.17. The molecule has 1 fully saturated rings. The van der Waals surface area contributed by atoms with E-state index in [1.807, 2.05) is 6.07 Å². The van der Waals surface area contributed by atoms with Gasteiger partial charge < -0.3 is 14.5 Å². The van der Waals surface area contributed by atoms with Crippen LogP contribution in [-0.4, -0.2) is 39.6 Å². The molecule has 108 valence electrons. The summed E-state index contributed by atoms with van der Waals surface area (Å²) in [6.45, 7) is 3.34. The van der Waals surface area contributed by atoms with Gasteiger partial charge in [0.15, 0.2) is 10.4 Å². The third-order valence-electron chi connectivity index (χ3n) is 4.17. The minimum absolute atomic E-state index is 0.635. The Kier molecular flexibility index (Phi) is 4.10. The van der Waals surface area contributed by atoms with Crippen molar-refractivity contribution in [2.45, 2.75) is 25.8 Å². The molecule has 0 aromatic carbocycles. The first-order chi connectivity index (χ1) is 9.63. The molecular formula is C14H19ClN4S. The number of hydrogen-bond donors (Lipinski definition) is 1. The van der Waals surface area contributed by atoms with Gasteiger partial charge >= 0.3 is 0 Å². The van der Waals surface area contributed by atoms with E-state index in [4.69, 9.17) is 23.8 Å². The lowest BCUT2D eigenvalue weighted by Gasteiger charge is -2.28. The monoisotopic (exact) mass is 310 g/mol. The number of hydrogen-bond acceptors (Lipinski definition) is 3. The molecule has 1 saturated heterocycles. The molecule has 0 amide bonds. The molecule has 1 aliphatic rings. The Hall–Kier alpha value is -0.910. The van der Waals surface area contributed by atoms with Crippen molar-refractivity contribution < 1.29 is 0 Å². The molecule has 6 heteroatoms. The smallest absolute Gasteiger partial charge is 0.179 e. The van der Waals surface area contributed by atoms with Gasteiger partial charge in [0.1, 0.15) is 0 Å². The third-order valence-corrected chi connectivity index (χ3v) is 4.70. The van der Waals surface area contributed by atoms with Crippen LogP contribution in [0.3, 0.4) is 0 Å². The Bertz CT molecular complexity index is 655. The van der Waals surface area contributed by atoms with E-state index in [0.29, 0.717) is 5.02 Å².